The van der Waals surface area contributed by atoms with E-state index < -0.39 is 0 Å². The van der Waals surface area contributed by atoms with E-state index in [0.717, 1.165) is 37.3 Å². The molecule has 20 heavy (non-hydrogen) atoms. The molecule has 1 amide bonds. The maximum atomic E-state index is 12.3. The molecule has 2 saturated heterocycles. The maximum absolute atomic E-state index is 12.3. The number of carbonyl (C=O) groups excluding carboxylic acids is 1. The number of benzene rings is 1. The number of rotatable bonds is 3. The van der Waals surface area contributed by atoms with Gasteiger partial charge in [0.05, 0.1) is 0 Å². The van der Waals surface area contributed by atoms with E-state index >= 15 is 0 Å². The van der Waals surface area contributed by atoms with Crippen molar-refractivity contribution in [3.63, 3.8) is 0 Å². The zero-order chi connectivity index (χ0) is 13.9. The average Bonchev–Trinajstić information content (AvgIpc) is 2.93. The van der Waals surface area contributed by atoms with Gasteiger partial charge in [0.1, 0.15) is 0 Å². The lowest BCUT2D eigenvalue weighted by Gasteiger charge is -2.37. The van der Waals surface area contributed by atoms with Gasteiger partial charge in [-0.15, -0.1) is 0 Å². The minimum absolute atomic E-state index is 0.278. The lowest BCUT2D eigenvalue weighted by molar-refractivity contribution is -0.133. The van der Waals surface area contributed by atoms with Gasteiger partial charge in [-0.1, -0.05) is 18.2 Å². The van der Waals surface area contributed by atoms with Crippen LogP contribution in [0.5, 0.6) is 0 Å². The molecule has 2 aliphatic heterocycles. The fourth-order valence-corrected chi connectivity index (χ4v) is 3.38. The second kappa shape index (κ2) is 5.83. The minimum atomic E-state index is 0.278. The van der Waals surface area contributed by atoms with Gasteiger partial charge < -0.3 is 10.6 Å². The van der Waals surface area contributed by atoms with Gasteiger partial charge in [0.15, 0.2) is 0 Å². The molecule has 4 nitrogen and oxygen atoms in total. The molecule has 1 atom stereocenters. The normalized spacial score (nSPS) is 22.8. The number of piperazine rings is 1. The highest BCUT2D eigenvalue weighted by molar-refractivity contribution is 5.77. The first-order valence-electron chi connectivity index (χ1n) is 7.59. The highest BCUT2D eigenvalue weighted by atomic mass is 16.2. The SMILES string of the molecule is Nc1ccccc1CCC(=O)N1CCN2CCCC2C1. The topological polar surface area (TPSA) is 49.6 Å². The zero-order valence-corrected chi connectivity index (χ0v) is 11.9. The highest BCUT2D eigenvalue weighted by Crippen LogP contribution is 2.22. The van der Waals surface area contributed by atoms with Crippen molar-refractivity contribution < 1.29 is 4.79 Å². The Morgan fingerprint density at radius 3 is 2.95 bits per heavy atom. The molecular formula is C16H23N3O. The smallest absolute Gasteiger partial charge is 0.222 e. The number of hydrogen-bond acceptors (Lipinski definition) is 3. The first kappa shape index (κ1) is 13.4. The van der Waals surface area contributed by atoms with Crippen LogP contribution in [-0.2, 0) is 11.2 Å². The molecule has 2 aliphatic rings. The molecule has 1 aromatic carbocycles. The van der Waals surface area contributed by atoms with Crippen LogP contribution in [0.3, 0.4) is 0 Å². The number of nitrogens with zero attached hydrogens (tertiary/aromatic N) is 2. The second-order valence-corrected chi connectivity index (χ2v) is 5.87. The van der Waals surface area contributed by atoms with Gasteiger partial charge in [0.25, 0.3) is 0 Å². The summed E-state index contributed by atoms with van der Waals surface area (Å²) in [7, 11) is 0. The van der Waals surface area contributed by atoms with Crippen LogP contribution in [0, 0.1) is 0 Å². The van der Waals surface area contributed by atoms with Crippen LogP contribution in [-0.4, -0.2) is 47.9 Å². The van der Waals surface area contributed by atoms with Crippen LogP contribution < -0.4 is 5.73 Å². The molecule has 1 aromatic rings. The summed E-state index contributed by atoms with van der Waals surface area (Å²) in [6.07, 6.45) is 3.85. The second-order valence-electron chi connectivity index (χ2n) is 5.87. The summed E-state index contributed by atoms with van der Waals surface area (Å²) in [5, 5.41) is 0. The predicted octanol–water partition coefficient (Wildman–Crippen LogP) is 1.51. The number of aryl methyl sites for hydroxylation is 1. The Labute approximate surface area is 120 Å². The summed E-state index contributed by atoms with van der Waals surface area (Å²) in [6.45, 7) is 4.07. The number of nitrogen functional groups attached to an aromatic ring is 1. The number of fused-ring (bicyclic) bond motifs is 1. The molecule has 108 valence electrons. The standard InChI is InChI=1S/C16H23N3O/c17-15-6-2-1-4-13(15)7-8-16(20)19-11-10-18-9-3-5-14(18)12-19/h1-2,4,6,14H,3,5,7-12,17H2. The number of nitrogens with two attached hydrogens (primary N) is 1. The molecule has 0 aromatic heterocycles. The Balaban J connectivity index is 1.53. The van der Waals surface area contributed by atoms with E-state index in [4.69, 9.17) is 5.73 Å². The molecule has 0 spiro atoms. The Hall–Kier alpha value is -1.55. The van der Waals surface area contributed by atoms with Gasteiger partial charge in [-0.25, -0.2) is 0 Å². The van der Waals surface area contributed by atoms with Crippen LogP contribution in [0.2, 0.25) is 0 Å². The van der Waals surface area contributed by atoms with Crippen LogP contribution in [0.4, 0.5) is 5.69 Å². The third-order valence-corrected chi connectivity index (χ3v) is 4.60. The fraction of sp³-hybridized carbons (Fsp3) is 0.562. The molecule has 0 aliphatic carbocycles. The van der Waals surface area contributed by atoms with Gasteiger partial charge in [-0.3, -0.25) is 9.69 Å². The summed E-state index contributed by atoms with van der Waals surface area (Å²) in [5.74, 6) is 0.278. The third kappa shape index (κ3) is 2.80. The van der Waals surface area contributed by atoms with Crippen molar-refractivity contribution in [1.82, 2.24) is 9.80 Å². The molecule has 2 heterocycles. The van der Waals surface area contributed by atoms with Gasteiger partial charge in [-0.2, -0.15) is 0 Å². The minimum Gasteiger partial charge on any atom is -0.399 e. The van der Waals surface area contributed by atoms with Crippen molar-refractivity contribution in [2.24, 2.45) is 0 Å². The van der Waals surface area contributed by atoms with Crippen LogP contribution >= 0.6 is 0 Å². The molecular weight excluding hydrogens is 250 g/mol. The lowest BCUT2D eigenvalue weighted by Crippen LogP contribution is -2.52. The van der Waals surface area contributed by atoms with Crippen molar-refractivity contribution in [2.75, 3.05) is 31.9 Å². The first-order valence-corrected chi connectivity index (χ1v) is 7.59. The Morgan fingerprint density at radius 1 is 1.25 bits per heavy atom. The van der Waals surface area contributed by atoms with Crippen molar-refractivity contribution >= 4 is 11.6 Å². The number of hydrogen-bond donors (Lipinski definition) is 1. The molecule has 3 rings (SSSR count). The van der Waals surface area contributed by atoms with E-state index in [2.05, 4.69) is 4.90 Å². The van der Waals surface area contributed by atoms with Crippen LogP contribution in [0.25, 0.3) is 0 Å². The quantitative estimate of drug-likeness (QED) is 0.849. The monoisotopic (exact) mass is 273 g/mol. The molecule has 0 bridgehead atoms. The Bertz CT molecular complexity index is 488. The molecule has 0 radical (unpaired) electrons. The summed E-state index contributed by atoms with van der Waals surface area (Å²) in [5.41, 5.74) is 7.80. The largest absolute Gasteiger partial charge is 0.399 e. The van der Waals surface area contributed by atoms with Crippen molar-refractivity contribution in [3.05, 3.63) is 29.8 Å². The Kier molecular flexibility index (Phi) is 3.92. The predicted molar refractivity (Wildman–Crippen MR) is 80.4 cm³/mol. The van der Waals surface area contributed by atoms with Gasteiger partial charge in [0, 0.05) is 37.8 Å². The van der Waals surface area contributed by atoms with Gasteiger partial charge in [0.2, 0.25) is 5.91 Å². The zero-order valence-electron chi connectivity index (χ0n) is 11.9. The summed E-state index contributed by atoms with van der Waals surface area (Å²) >= 11 is 0. The molecule has 0 saturated carbocycles. The number of amides is 1. The van der Waals surface area contributed by atoms with E-state index in [-0.39, 0.29) is 5.91 Å². The van der Waals surface area contributed by atoms with Gasteiger partial charge in [-0.05, 0) is 37.4 Å². The highest BCUT2D eigenvalue weighted by Gasteiger charge is 2.32. The number of anilines is 1. The number of carbonyl (C=O) groups is 1. The van der Waals surface area contributed by atoms with Crippen LogP contribution in [0.1, 0.15) is 24.8 Å². The molecule has 2 N–H and O–H groups in total. The number of para-hydroxylation sites is 1. The van der Waals surface area contributed by atoms with E-state index in [9.17, 15) is 4.79 Å². The first-order chi connectivity index (χ1) is 9.74. The molecule has 1 unspecified atom stereocenters. The lowest BCUT2D eigenvalue weighted by atomic mass is 10.1. The van der Waals surface area contributed by atoms with E-state index in [1.807, 2.05) is 29.2 Å². The van der Waals surface area contributed by atoms with E-state index in [0.29, 0.717) is 12.5 Å². The van der Waals surface area contributed by atoms with Crippen molar-refractivity contribution in [1.29, 1.82) is 0 Å². The fourth-order valence-electron chi connectivity index (χ4n) is 3.38. The van der Waals surface area contributed by atoms with Crippen LogP contribution in [0.15, 0.2) is 24.3 Å². The third-order valence-electron chi connectivity index (χ3n) is 4.60. The van der Waals surface area contributed by atoms with Crippen molar-refractivity contribution in [2.45, 2.75) is 31.7 Å². The van der Waals surface area contributed by atoms with Crippen molar-refractivity contribution in [3.8, 4) is 0 Å². The summed E-state index contributed by atoms with van der Waals surface area (Å²) < 4.78 is 0. The Morgan fingerprint density at radius 2 is 2.10 bits per heavy atom. The molecule has 4 heteroatoms. The maximum Gasteiger partial charge on any atom is 0.222 e. The summed E-state index contributed by atoms with van der Waals surface area (Å²) in [6, 6.07) is 8.43. The summed E-state index contributed by atoms with van der Waals surface area (Å²) in [4.78, 5) is 16.9. The average molecular weight is 273 g/mol. The molecule has 2 fully saturated rings. The van der Waals surface area contributed by atoms with Gasteiger partial charge >= 0.3 is 0 Å². The van der Waals surface area contributed by atoms with E-state index in [1.54, 1.807) is 0 Å². The van der Waals surface area contributed by atoms with E-state index in [1.165, 1.54) is 19.4 Å².